The largest absolute Gasteiger partial charge is 0.344 e. The van der Waals surface area contributed by atoms with Gasteiger partial charge in [0.1, 0.15) is 17.2 Å². The van der Waals surface area contributed by atoms with Crippen molar-refractivity contribution in [3.63, 3.8) is 0 Å². The molecule has 2 rings (SSSR count). The molecule has 0 atom stereocenters. The van der Waals surface area contributed by atoms with Gasteiger partial charge in [-0.05, 0) is 32.0 Å². The molecular weight excluding hydrogens is 278 g/mol. The molecule has 8 nitrogen and oxygen atoms in total. The first-order valence-electron chi connectivity index (χ1n) is 6.23. The van der Waals surface area contributed by atoms with Crippen molar-refractivity contribution in [2.45, 2.75) is 43.4 Å². The Bertz CT molecular complexity index is 648. The Kier molecular flexibility index (Phi) is 4.40. The Morgan fingerprint density at radius 3 is 2.85 bits per heavy atom. The summed E-state index contributed by atoms with van der Waals surface area (Å²) in [6.07, 6.45) is 2.15. The number of nitrogens with one attached hydrogen (secondary N) is 2. The summed E-state index contributed by atoms with van der Waals surface area (Å²) in [5.74, 6) is 6.03. The Balaban J connectivity index is 2.43. The molecule has 2 aromatic rings. The van der Waals surface area contributed by atoms with Gasteiger partial charge < -0.3 is 5.43 Å². The van der Waals surface area contributed by atoms with E-state index < -0.39 is 0 Å². The van der Waals surface area contributed by atoms with Gasteiger partial charge in [-0.15, -0.1) is 5.10 Å². The van der Waals surface area contributed by atoms with Gasteiger partial charge in [0.2, 0.25) is 0 Å². The van der Waals surface area contributed by atoms with Crippen molar-refractivity contribution < 1.29 is 0 Å². The van der Waals surface area contributed by atoms with Crippen molar-refractivity contribution in [1.82, 2.24) is 24.7 Å². The van der Waals surface area contributed by atoms with Crippen LogP contribution in [0.2, 0.25) is 0 Å². The SMILES string of the molecule is CCc1c(NN)ncnc1Sc1n[nH]c(=O)n1C(C)C. The Morgan fingerprint density at radius 2 is 2.25 bits per heavy atom. The molecule has 2 aromatic heterocycles. The van der Waals surface area contributed by atoms with E-state index in [1.807, 2.05) is 20.8 Å². The molecule has 0 aliphatic carbocycles. The minimum absolute atomic E-state index is 0.0165. The molecule has 108 valence electrons. The maximum Gasteiger partial charge on any atom is 0.344 e. The second-order valence-electron chi connectivity index (χ2n) is 4.38. The quantitative estimate of drug-likeness (QED) is 0.427. The molecule has 4 N–H and O–H groups in total. The van der Waals surface area contributed by atoms with Crippen LogP contribution in [-0.4, -0.2) is 24.7 Å². The summed E-state index contributed by atoms with van der Waals surface area (Å²) in [7, 11) is 0. The first-order valence-corrected chi connectivity index (χ1v) is 7.05. The predicted octanol–water partition coefficient (Wildman–Crippen LogP) is 0.941. The van der Waals surface area contributed by atoms with Gasteiger partial charge in [0.25, 0.3) is 0 Å². The Morgan fingerprint density at radius 1 is 1.50 bits per heavy atom. The number of nitrogen functional groups attached to an aromatic ring is 1. The summed E-state index contributed by atoms with van der Waals surface area (Å²) in [5.41, 5.74) is 3.22. The molecule has 0 unspecified atom stereocenters. The van der Waals surface area contributed by atoms with Gasteiger partial charge in [-0.3, -0.25) is 4.57 Å². The number of hydrazine groups is 1. The molecule has 0 spiro atoms. The number of aromatic nitrogens is 5. The van der Waals surface area contributed by atoms with Gasteiger partial charge in [-0.2, -0.15) is 0 Å². The van der Waals surface area contributed by atoms with Crippen LogP contribution in [0.15, 0.2) is 21.3 Å². The molecule has 0 amide bonds. The summed E-state index contributed by atoms with van der Waals surface area (Å²) >= 11 is 1.32. The topological polar surface area (TPSA) is 115 Å². The van der Waals surface area contributed by atoms with Crippen LogP contribution in [0.25, 0.3) is 0 Å². The van der Waals surface area contributed by atoms with Crippen molar-refractivity contribution >= 4 is 17.6 Å². The van der Waals surface area contributed by atoms with Crippen LogP contribution in [0, 0.1) is 0 Å². The fourth-order valence-corrected chi connectivity index (χ4v) is 2.95. The smallest absolute Gasteiger partial charge is 0.308 e. The van der Waals surface area contributed by atoms with E-state index in [0.29, 0.717) is 11.0 Å². The zero-order valence-electron chi connectivity index (χ0n) is 11.5. The van der Waals surface area contributed by atoms with E-state index in [9.17, 15) is 4.79 Å². The summed E-state index contributed by atoms with van der Waals surface area (Å²) in [4.78, 5) is 20.0. The summed E-state index contributed by atoms with van der Waals surface area (Å²) < 4.78 is 1.59. The molecular formula is C11H17N7OS. The third-order valence-electron chi connectivity index (χ3n) is 2.77. The molecule has 0 aliphatic heterocycles. The zero-order chi connectivity index (χ0) is 14.7. The summed E-state index contributed by atoms with van der Waals surface area (Å²) in [5, 5.41) is 7.80. The van der Waals surface area contributed by atoms with Crippen LogP contribution >= 0.6 is 11.8 Å². The van der Waals surface area contributed by atoms with Gasteiger partial charge in [0.05, 0.1) is 0 Å². The van der Waals surface area contributed by atoms with Gasteiger partial charge in [0, 0.05) is 11.6 Å². The first kappa shape index (κ1) is 14.5. The fraction of sp³-hybridized carbons (Fsp3) is 0.455. The van der Waals surface area contributed by atoms with Crippen LogP contribution in [0.1, 0.15) is 32.4 Å². The number of H-pyrrole nitrogens is 1. The number of rotatable bonds is 5. The van der Waals surface area contributed by atoms with Crippen molar-refractivity contribution in [3.8, 4) is 0 Å². The van der Waals surface area contributed by atoms with Gasteiger partial charge in [0.15, 0.2) is 5.16 Å². The molecule has 0 aromatic carbocycles. The monoisotopic (exact) mass is 295 g/mol. The predicted molar refractivity (Wildman–Crippen MR) is 76.6 cm³/mol. The van der Waals surface area contributed by atoms with Gasteiger partial charge >= 0.3 is 5.69 Å². The van der Waals surface area contributed by atoms with Crippen LogP contribution in [0.4, 0.5) is 5.82 Å². The third kappa shape index (κ3) is 2.68. The minimum atomic E-state index is -0.230. The van der Waals surface area contributed by atoms with Crippen LogP contribution in [-0.2, 0) is 6.42 Å². The average Bonchev–Trinajstić information content (AvgIpc) is 2.79. The summed E-state index contributed by atoms with van der Waals surface area (Å²) in [6, 6.07) is 0.0165. The second-order valence-corrected chi connectivity index (χ2v) is 5.34. The average molecular weight is 295 g/mol. The van der Waals surface area contributed by atoms with E-state index >= 15 is 0 Å². The normalized spacial score (nSPS) is 11.1. The van der Waals surface area contributed by atoms with Crippen LogP contribution < -0.4 is 17.0 Å². The number of hydrogen-bond acceptors (Lipinski definition) is 7. The number of nitrogens with two attached hydrogens (primary N) is 1. The first-order chi connectivity index (χ1) is 9.58. The molecule has 0 aliphatic rings. The van der Waals surface area contributed by atoms with Gasteiger partial charge in [-0.1, -0.05) is 6.92 Å². The maximum atomic E-state index is 11.7. The molecule has 0 fully saturated rings. The molecule has 0 bridgehead atoms. The summed E-state index contributed by atoms with van der Waals surface area (Å²) in [6.45, 7) is 5.84. The van der Waals surface area contributed by atoms with Gasteiger partial charge in [-0.25, -0.2) is 25.7 Å². The lowest BCUT2D eigenvalue weighted by Gasteiger charge is -2.11. The molecule has 20 heavy (non-hydrogen) atoms. The van der Waals surface area contributed by atoms with Crippen molar-refractivity contribution in [2.75, 3.05) is 5.43 Å². The van der Waals surface area contributed by atoms with E-state index in [1.165, 1.54) is 18.1 Å². The number of aromatic amines is 1. The van der Waals surface area contributed by atoms with E-state index in [-0.39, 0.29) is 11.7 Å². The van der Waals surface area contributed by atoms with Crippen LogP contribution in [0.5, 0.6) is 0 Å². The molecule has 0 saturated heterocycles. The maximum absolute atomic E-state index is 11.7. The lowest BCUT2D eigenvalue weighted by molar-refractivity contribution is 0.533. The highest BCUT2D eigenvalue weighted by atomic mass is 32.2. The third-order valence-corrected chi connectivity index (χ3v) is 3.79. The highest BCUT2D eigenvalue weighted by Gasteiger charge is 2.16. The zero-order valence-corrected chi connectivity index (χ0v) is 12.4. The number of nitrogens with zero attached hydrogens (tertiary/aromatic N) is 4. The highest BCUT2D eigenvalue weighted by Crippen LogP contribution is 2.30. The second kappa shape index (κ2) is 6.06. The Labute approximate surface area is 120 Å². The van der Waals surface area contributed by atoms with Crippen molar-refractivity contribution in [1.29, 1.82) is 0 Å². The van der Waals surface area contributed by atoms with E-state index in [1.54, 1.807) is 4.57 Å². The lowest BCUT2D eigenvalue weighted by Crippen LogP contribution is -2.19. The van der Waals surface area contributed by atoms with E-state index in [4.69, 9.17) is 5.84 Å². The number of hydrogen-bond donors (Lipinski definition) is 3. The molecule has 2 heterocycles. The highest BCUT2D eigenvalue weighted by molar-refractivity contribution is 7.99. The standard InChI is InChI=1S/C11H17N7OS/c1-4-7-8(15-12)13-5-14-9(7)20-11-17-16-10(19)18(11)6(2)3/h5-6H,4,12H2,1-3H3,(H,16,19)(H,13,14,15). The fourth-order valence-electron chi connectivity index (χ4n) is 1.83. The van der Waals surface area contributed by atoms with E-state index in [2.05, 4.69) is 25.6 Å². The van der Waals surface area contributed by atoms with Crippen LogP contribution in [0.3, 0.4) is 0 Å². The number of anilines is 1. The van der Waals surface area contributed by atoms with Crippen molar-refractivity contribution in [2.24, 2.45) is 5.84 Å². The lowest BCUT2D eigenvalue weighted by atomic mass is 10.2. The van der Waals surface area contributed by atoms with Crippen molar-refractivity contribution in [3.05, 3.63) is 22.4 Å². The molecule has 0 radical (unpaired) electrons. The Hall–Kier alpha value is -1.87. The minimum Gasteiger partial charge on any atom is -0.308 e. The molecule has 9 heteroatoms. The molecule has 0 saturated carbocycles. The van der Waals surface area contributed by atoms with E-state index in [0.717, 1.165) is 17.0 Å².